The summed E-state index contributed by atoms with van der Waals surface area (Å²) in [4.78, 5) is 12.9. The van der Waals surface area contributed by atoms with Gasteiger partial charge in [-0.25, -0.2) is 0 Å². The molecule has 0 amide bonds. The van der Waals surface area contributed by atoms with Gasteiger partial charge in [-0.15, -0.1) is 13.2 Å². The number of hydrogen-bond donors (Lipinski definition) is 1. The number of hydrogen-bond acceptors (Lipinski definition) is 3. The molecule has 1 aliphatic rings. The molecule has 7 heteroatoms. The van der Waals surface area contributed by atoms with Gasteiger partial charge in [0.25, 0.3) is 0 Å². The second-order valence-electron chi connectivity index (χ2n) is 6.74. The van der Waals surface area contributed by atoms with Crippen LogP contribution in [0.2, 0.25) is 0 Å². The summed E-state index contributed by atoms with van der Waals surface area (Å²) in [5, 5.41) is 8.89. The normalized spacial score (nSPS) is 15.4. The molecule has 0 unspecified atom stereocenters. The minimum atomic E-state index is -4.69. The Hall–Kier alpha value is -2.54. The molecular weight excluding hydrogens is 359 g/mol. The second kappa shape index (κ2) is 8.00. The van der Waals surface area contributed by atoms with Crippen molar-refractivity contribution in [3.63, 3.8) is 0 Å². The zero-order valence-electron chi connectivity index (χ0n) is 14.6. The molecule has 2 aromatic carbocycles. The van der Waals surface area contributed by atoms with Crippen molar-refractivity contribution in [2.24, 2.45) is 5.92 Å². The fourth-order valence-electron chi connectivity index (χ4n) is 3.11. The van der Waals surface area contributed by atoms with Crippen molar-refractivity contribution in [3.05, 3.63) is 65.2 Å². The number of aryl methyl sites for hydroxylation is 2. The molecule has 4 nitrogen and oxygen atoms in total. The first kappa shape index (κ1) is 19.2. The molecule has 1 N–H and O–H groups in total. The molecule has 0 bridgehead atoms. The van der Waals surface area contributed by atoms with Crippen LogP contribution in [0.4, 0.5) is 13.2 Å². The monoisotopic (exact) mass is 379 g/mol. The first-order valence-corrected chi connectivity index (χ1v) is 8.66. The molecule has 0 aliphatic carbocycles. The molecular formula is C20H20F3NO3. The molecule has 0 spiro atoms. The largest absolute Gasteiger partial charge is 0.573 e. The van der Waals surface area contributed by atoms with E-state index in [4.69, 9.17) is 5.11 Å². The summed E-state index contributed by atoms with van der Waals surface area (Å²) in [6.07, 6.45) is -3.36. The van der Waals surface area contributed by atoms with E-state index in [0.717, 1.165) is 23.2 Å². The number of ether oxygens (including phenoxy) is 1. The highest BCUT2D eigenvalue weighted by molar-refractivity contribution is 5.71. The van der Waals surface area contributed by atoms with E-state index in [1.807, 2.05) is 24.3 Å². The fraction of sp³-hybridized carbons (Fsp3) is 0.350. The van der Waals surface area contributed by atoms with Crippen molar-refractivity contribution in [1.29, 1.82) is 0 Å². The van der Waals surface area contributed by atoms with Crippen LogP contribution in [0.25, 0.3) is 0 Å². The van der Waals surface area contributed by atoms with E-state index in [2.05, 4.69) is 9.64 Å². The molecule has 3 rings (SSSR count). The van der Waals surface area contributed by atoms with Crippen molar-refractivity contribution in [2.45, 2.75) is 25.7 Å². The maximum atomic E-state index is 12.3. The SMILES string of the molecule is O=C(O)C1CN(Cc2ccc(CCc3cccc(OC(F)(F)F)c3)cc2)C1. The molecule has 2 aromatic rings. The van der Waals surface area contributed by atoms with Gasteiger partial charge < -0.3 is 9.84 Å². The van der Waals surface area contributed by atoms with Gasteiger partial charge in [0.05, 0.1) is 5.92 Å². The molecule has 27 heavy (non-hydrogen) atoms. The Balaban J connectivity index is 1.49. The molecule has 0 saturated carbocycles. The number of benzene rings is 2. The lowest BCUT2D eigenvalue weighted by atomic mass is 9.99. The summed E-state index contributed by atoms with van der Waals surface area (Å²) < 4.78 is 40.8. The number of alkyl halides is 3. The highest BCUT2D eigenvalue weighted by atomic mass is 19.4. The molecule has 1 heterocycles. The number of carboxylic acid groups (broad SMARTS) is 1. The Kier molecular flexibility index (Phi) is 5.70. The number of likely N-dealkylation sites (tertiary alicyclic amines) is 1. The average molecular weight is 379 g/mol. The summed E-state index contributed by atoms with van der Waals surface area (Å²) in [5.41, 5.74) is 2.98. The third-order valence-corrected chi connectivity index (χ3v) is 4.57. The number of carboxylic acids is 1. The van der Waals surface area contributed by atoms with E-state index in [0.29, 0.717) is 25.9 Å². The number of rotatable bonds is 7. The van der Waals surface area contributed by atoms with E-state index >= 15 is 0 Å². The third-order valence-electron chi connectivity index (χ3n) is 4.57. The number of halogens is 3. The van der Waals surface area contributed by atoms with E-state index in [-0.39, 0.29) is 11.7 Å². The van der Waals surface area contributed by atoms with Crippen LogP contribution >= 0.6 is 0 Å². The van der Waals surface area contributed by atoms with Gasteiger partial charge in [-0.2, -0.15) is 0 Å². The van der Waals surface area contributed by atoms with Crippen molar-refractivity contribution in [1.82, 2.24) is 4.90 Å². The lowest BCUT2D eigenvalue weighted by molar-refractivity contribution is -0.274. The van der Waals surface area contributed by atoms with Gasteiger partial charge in [0.1, 0.15) is 5.75 Å². The summed E-state index contributed by atoms with van der Waals surface area (Å²) in [5.74, 6) is -1.21. The first-order chi connectivity index (χ1) is 12.8. The summed E-state index contributed by atoms with van der Waals surface area (Å²) in [6.45, 7) is 1.88. The maximum absolute atomic E-state index is 12.3. The predicted octanol–water partition coefficient (Wildman–Crippen LogP) is 3.89. The van der Waals surface area contributed by atoms with Crippen LogP contribution < -0.4 is 4.74 Å². The van der Waals surface area contributed by atoms with E-state index in [9.17, 15) is 18.0 Å². The van der Waals surface area contributed by atoms with Gasteiger partial charge in [-0.05, 0) is 41.7 Å². The number of aliphatic carboxylic acids is 1. The van der Waals surface area contributed by atoms with Gasteiger partial charge in [0.2, 0.25) is 0 Å². The van der Waals surface area contributed by atoms with Crippen LogP contribution in [0.5, 0.6) is 5.75 Å². The summed E-state index contributed by atoms with van der Waals surface area (Å²) >= 11 is 0. The van der Waals surface area contributed by atoms with E-state index < -0.39 is 12.3 Å². The zero-order valence-corrected chi connectivity index (χ0v) is 14.6. The molecule has 1 aliphatic heterocycles. The second-order valence-corrected chi connectivity index (χ2v) is 6.74. The Labute approximate surface area is 155 Å². The quantitative estimate of drug-likeness (QED) is 0.793. The highest BCUT2D eigenvalue weighted by Gasteiger charge is 2.32. The van der Waals surface area contributed by atoms with Crippen LogP contribution in [0.15, 0.2) is 48.5 Å². The van der Waals surface area contributed by atoms with Crippen molar-refractivity contribution < 1.29 is 27.8 Å². The Bertz CT molecular complexity index is 784. The average Bonchev–Trinajstić information content (AvgIpc) is 2.55. The Morgan fingerprint density at radius 2 is 1.67 bits per heavy atom. The topological polar surface area (TPSA) is 49.8 Å². The van der Waals surface area contributed by atoms with E-state index in [1.54, 1.807) is 12.1 Å². The molecule has 1 saturated heterocycles. The number of nitrogens with zero attached hydrogens (tertiary/aromatic N) is 1. The van der Waals surface area contributed by atoms with Crippen LogP contribution in [0.3, 0.4) is 0 Å². The van der Waals surface area contributed by atoms with Gasteiger partial charge in [-0.3, -0.25) is 9.69 Å². The van der Waals surface area contributed by atoms with Crippen molar-refractivity contribution in [2.75, 3.05) is 13.1 Å². The lowest BCUT2D eigenvalue weighted by Crippen LogP contribution is -2.49. The highest BCUT2D eigenvalue weighted by Crippen LogP contribution is 2.24. The molecule has 144 valence electrons. The van der Waals surface area contributed by atoms with Crippen LogP contribution in [0.1, 0.15) is 16.7 Å². The summed E-state index contributed by atoms with van der Waals surface area (Å²) in [7, 11) is 0. The van der Waals surface area contributed by atoms with E-state index in [1.165, 1.54) is 12.1 Å². The fourth-order valence-corrected chi connectivity index (χ4v) is 3.11. The molecule has 0 aromatic heterocycles. The van der Waals surface area contributed by atoms with Gasteiger partial charge in [0, 0.05) is 19.6 Å². The van der Waals surface area contributed by atoms with Crippen LogP contribution in [0, 0.1) is 5.92 Å². The lowest BCUT2D eigenvalue weighted by Gasteiger charge is -2.36. The van der Waals surface area contributed by atoms with Gasteiger partial charge in [0.15, 0.2) is 0 Å². The standard InChI is InChI=1S/C20H20F3NO3/c21-20(22,23)27-18-3-1-2-15(10-18)7-4-14-5-8-16(9-6-14)11-24-12-17(13-24)19(25)26/h1-3,5-6,8-10,17H,4,7,11-13H2,(H,25,26). The van der Waals surface area contributed by atoms with Crippen molar-refractivity contribution in [3.8, 4) is 5.75 Å². The zero-order chi connectivity index (χ0) is 19.4. The minimum absolute atomic E-state index is 0.204. The van der Waals surface area contributed by atoms with Gasteiger partial charge in [-0.1, -0.05) is 36.4 Å². The minimum Gasteiger partial charge on any atom is -0.481 e. The number of carbonyl (C=O) groups is 1. The third kappa shape index (κ3) is 5.72. The summed E-state index contributed by atoms with van der Waals surface area (Å²) in [6, 6.07) is 14.0. The molecule has 1 fully saturated rings. The van der Waals surface area contributed by atoms with Crippen molar-refractivity contribution >= 4 is 5.97 Å². The van der Waals surface area contributed by atoms with Crippen LogP contribution in [-0.2, 0) is 24.2 Å². The predicted molar refractivity (Wildman–Crippen MR) is 93.4 cm³/mol. The first-order valence-electron chi connectivity index (χ1n) is 8.66. The molecule has 0 radical (unpaired) electrons. The molecule has 0 atom stereocenters. The smallest absolute Gasteiger partial charge is 0.481 e. The maximum Gasteiger partial charge on any atom is 0.573 e. The van der Waals surface area contributed by atoms with Gasteiger partial charge >= 0.3 is 12.3 Å². The Morgan fingerprint density at radius 1 is 1.04 bits per heavy atom. The van der Waals surface area contributed by atoms with Crippen LogP contribution in [-0.4, -0.2) is 35.4 Å². The Morgan fingerprint density at radius 3 is 2.30 bits per heavy atom.